The van der Waals surface area contributed by atoms with Gasteiger partial charge in [0.25, 0.3) is 0 Å². The van der Waals surface area contributed by atoms with Crippen molar-refractivity contribution in [3.05, 3.63) is 59.7 Å². The van der Waals surface area contributed by atoms with E-state index in [1.807, 2.05) is 38.1 Å². The summed E-state index contributed by atoms with van der Waals surface area (Å²) in [6.45, 7) is 5.33. The summed E-state index contributed by atoms with van der Waals surface area (Å²) in [7, 11) is 0. The number of aromatic nitrogens is 2. The van der Waals surface area contributed by atoms with Crippen molar-refractivity contribution in [1.82, 2.24) is 9.78 Å². The number of carbonyl (C=O) groups is 3. The van der Waals surface area contributed by atoms with Crippen molar-refractivity contribution >= 4 is 34.9 Å². The number of rotatable bonds is 4. The number of hydrogen-bond acceptors (Lipinski definition) is 4. The van der Waals surface area contributed by atoms with E-state index in [-0.39, 0.29) is 24.1 Å². The Morgan fingerprint density at radius 1 is 1.00 bits per heavy atom. The molecule has 0 spiro atoms. The van der Waals surface area contributed by atoms with E-state index in [0.717, 1.165) is 22.4 Å². The summed E-state index contributed by atoms with van der Waals surface area (Å²) < 4.78 is 1.59. The van der Waals surface area contributed by atoms with Gasteiger partial charge < -0.3 is 16.0 Å². The zero-order valence-electron chi connectivity index (χ0n) is 17.5. The lowest BCUT2D eigenvalue weighted by molar-refractivity contribution is -0.125. The first-order valence-corrected chi connectivity index (χ1v) is 9.96. The van der Waals surface area contributed by atoms with E-state index in [4.69, 9.17) is 0 Å². The summed E-state index contributed by atoms with van der Waals surface area (Å²) in [4.78, 5) is 36.5. The normalized spacial score (nSPS) is 15.1. The van der Waals surface area contributed by atoms with Crippen molar-refractivity contribution in [1.29, 1.82) is 0 Å². The molecule has 2 aromatic carbocycles. The van der Waals surface area contributed by atoms with Crippen LogP contribution in [0.15, 0.2) is 48.5 Å². The number of benzene rings is 2. The minimum Gasteiger partial charge on any atom is -0.326 e. The number of anilines is 3. The van der Waals surface area contributed by atoms with E-state index in [1.165, 1.54) is 6.92 Å². The number of nitrogens with one attached hydrogen (secondary N) is 3. The van der Waals surface area contributed by atoms with Crippen LogP contribution in [0.2, 0.25) is 0 Å². The van der Waals surface area contributed by atoms with Gasteiger partial charge in [-0.1, -0.05) is 29.8 Å². The summed E-state index contributed by atoms with van der Waals surface area (Å²) in [5.41, 5.74) is 4.81. The monoisotopic (exact) mass is 417 g/mol. The average Bonchev–Trinajstić information content (AvgIpc) is 3.05. The van der Waals surface area contributed by atoms with E-state index >= 15 is 0 Å². The lowest BCUT2D eigenvalue weighted by Gasteiger charge is -2.24. The van der Waals surface area contributed by atoms with Crippen molar-refractivity contribution < 1.29 is 14.4 Å². The van der Waals surface area contributed by atoms with Crippen molar-refractivity contribution in [3.63, 3.8) is 0 Å². The van der Waals surface area contributed by atoms with Crippen LogP contribution in [0.4, 0.5) is 17.2 Å². The number of nitrogens with zero attached hydrogens (tertiary/aromatic N) is 2. The third-order valence-corrected chi connectivity index (χ3v) is 5.18. The average molecular weight is 417 g/mol. The molecule has 31 heavy (non-hydrogen) atoms. The molecule has 3 N–H and O–H groups in total. The molecule has 0 aliphatic carbocycles. The van der Waals surface area contributed by atoms with Gasteiger partial charge in [0.1, 0.15) is 11.9 Å². The fourth-order valence-corrected chi connectivity index (χ4v) is 3.59. The molecule has 0 unspecified atom stereocenters. The van der Waals surface area contributed by atoms with Gasteiger partial charge in [-0.2, -0.15) is 5.10 Å². The molecule has 8 heteroatoms. The molecule has 0 saturated carbocycles. The Morgan fingerprint density at radius 3 is 2.23 bits per heavy atom. The molecule has 8 nitrogen and oxygen atoms in total. The third kappa shape index (κ3) is 4.18. The highest BCUT2D eigenvalue weighted by Gasteiger charge is 2.34. The summed E-state index contributed by atoms with van der Waals surface area (Å²) in [6.07, 6.45) is -0.00271. The van der Waals surface area contributed by atoms with Gasteiger partial charge in [0.15, 0.2) is 0 Å². The van der Waals surface area contributed by atoms with Crippen molar-refractivity contribution in [2.75, 3.05) is 16.0 Å². The van der Waals surface area contributed by atoms with Crippen molar-refractivity contribution in [3.8, 4) is 11.3 Å². The molecule has 1 aliphatic rings. The SMILES string of the molecule is CC(=O)Nc1ccc(NC(=O)[C@@H]2CC(=O)Nc3c(C)c(-c4ccc(C)cc4)nn32)cc1. The van der Waals surface area contributed by atoms with Gasteiger partial charge in [-0.05, 0) is 38.1 Å². The predicted octanol–water partition coefficient (Wildman–Crippen LogP) is 3.65. The van der Waals surface area contributed by atoms with Gasteiger partial charge in [0, 0.05) is 29.4 Å². The lowest BCUT2D eigenvalue weighted by Crippen LogP contribution is -2.35. The number of aryl methyl sites for hydroxylation is 1. The fraction of sp³-hybridized carbons (Fsp3) is 0.217. The summed E-state index contributed by atoms with van der Waals surface area (Å²) in [6, 6.07) is 14.0. The number of amides is 3. The van der Waals surface area contributed by atoms with Crippen LogP contribution in [-0.2, 0) is 14.4 Å². The molecule has 3 amide bonds. The Kier molecular flexibility index (Phi) is 5.29. The maximum absolute atomic E-state index is 13.0. The van der Waals surface area contributed by atoms with Gasteiger partial charge in [-0.3, -0.25) is 14.4 Å². The quantitative estimate of drug-likeness (QED) is 0.603. The highest BCUT2D eigenvalue weighted by molar-refractivity contribution is 6.02. The van der Waals surface area contributed by atoms with Gasteiger partial charge in [-0.25, -0.2) is 4.68 Å². The van der Waals surface area contributed by atoms with Crippen LogP contribution in [0.3, 0.4) is 0 Å². The molecule has 1 atom stereocenters. The third-order valence-electron chi connectivity index (χ3n) is 5.18. The zero-order valence-corrected chi connectivity index (χ0v) is 17.5. The maximum atomic E-state index is 13.0. The predicted molar refractivity (Wildman–Crippen MR) is 119 cm³/mol. The van der Waals surface area contributed by atoms with Crippen LogP contribution >= 0.6 is 0 Å². The second kappa shape index (κ2) is 8.06. The number of hydrogen-bond donors (Lipinski definition) is 3. The molecule has 1 aliphatic heterocycles. The van der Waals surface area contributed by atoms with Gasteiger partial charge in [-0.15, -0.1) is 0 Å². The maximum Gasteiger partial charge on any atom is 0.249 e. The lowest BCUT2D eigenvalue weighted by atomic mass is 10.1. The molecule has 3 aromatic rings. The molecule has 0 saturated heterocycles. The van der Waals surface area contributed by atoms with Crippen molar-refractivity contribution in [2.45, 2.75) is 33.2 Å². The Morgan fingerprint density at radius 2 is 1.61 bits per heavy atom. The highest BCUT2D eigenvalue weighted by Crippen LogP contribution is 2.34. The molecule has 2 heterocycles. The molecular formula is C23H23N5O3. The zero-order chi connectivity index (χ0) is 22.1. The van der Waals surface area contributed by atoms with Crippen molar-refractivity contribution in [2.24, 2.45) is 0 Å². The molecule has 0 radical (unpaired) electrons. The van der Waals surface area contributed by atoms with Gasteiger partial charge >= 0.3 is 0 Å². The summed E-state index contributed by atoms with van der Waals surface area (Å²) in [5.74, 6) is -0.197. The molecule has 158 valence electrons. The van der Waals surface area contributed by atoms with Gasteiger partial charge in [0.2, 0.25) is 17.7 Å². The summed E-state index contributed by atoms with van der Waals surface area (Å²) >= 11 is 0. The minimum atomic E-state index is -0.767. The Bertz CT molecular complexity index is 1160. The van der Waals surface area contributed by atoms with E-state index in [0.29, 0.717) is 17.2 Å². The molecule has 4 rings (SSSR count). The molecule has 0 bridgehead atoms. The van der Waals surface area contributed by atoms with E-state index in [9.17, 15) is 14.4 Å². The highest BCUT2D eigenvalue weighted by atomic mass is 16.2. The van der Waals surface area contributed by atoms with Crippen LogP contribution < -0.4 is 16.0 Å². The molecule has 0 fully saturated rings. The smallest absolute Gasteiger partial charge is 0.249 e. The molecule has 1 aromatic heterocycles. The first-order valence-electron chi connectivity index (χ1n) is 9.96. The fourth-order valence-electron chi connectivity index (χ4n) is 3.59. The second-order valence-electron chi connectivity index (χ2n) is 7.65. The Hall–Kier alpha value is -3.94. The first-order chi connectivity index (χ1) is 14.8. The number of fused-ring (bicyclic) bond motifs is 1. The minimum absolute atomic E-state index is 0.00271. The van der Waals surface area contributed by atoms with E-state index in [1.54, 1.807) is 28.9 Å². The van der Waals surface area contributed by atoms with Crippen LogP contribution in [0.1, 0.15) is 30.5 Å². The largest absolute Gasteiger partial charge is 0.326 e. The number of carbonyl (C=O) groups excluding carboxylic acids is 3. The molecular weight excluding hydrogens is 394 g/mol. The Balaban J connectivity index is 1.60. The van der Waals surface area contributed by atoms with Crippen LogP contribution in [0.25, 0.3) is 11.3 Å². The van der Waals surface area contributed by atoms with Crippen LogP contribution in [-0.4, -0.2) is 27.5 Å². The first kappa shape index (κ1) is 20.3. The topological polar surface area (TPSA) is 105 Å². The summed E-state index contributed by atoms with van der Waals surface area (Å²) in [5, 5.41) is 13.0. The van der Waals surface area contributed by atoms with E-state index in [2.05, 4.69) is 21.0 Å². The van der Waals surface area contributed by atoms with Crippen LogP contribution in [0, 0.1) is 13.8 Å². The Labute approximate surface area is 179 Å². The standard InChI is InChI=1S/C23H23N5O3/c1-13-4-6-16(7-5-13)21-14(2)22-26-20(30)12-19(28(22)27-21)23(31)25-18-10-8-17(9-11-18)24-15(3)29/h4-11,19H,12H2,1-3H3,(H,24,29)(H,25,31)(H,26,30)/t19-/m0/s1. The van der Waals surface area contributed by atoms with E-state index < -0.39 is 6.04 Å². The van der Waals surface area contributed by atoms with Gasteiger partial charge in [0.05, 0.1) is 12.1 Å². The van der Waals surface area contributed by atoms with Crippen LogP contribution in [0.5, 0.6) is 0 Å². The second-order valence-corrected chi connectivity index (χ2v) is 7.65.